The molecule has 0 spiro atoms. The molecular formula is C64H65Cl4N11O9S2. The first-order chi connectivity index (χ1) is 43.0. The highest BCUT2D eigenvalue weighted by molar-refractivity contribution is 7.78. The summed E-state index contributed by atoms with van der Waals surface area (Å²) in [4.78, 5) is 124. The Hall–Kier alpha value is -8.22. The van der Waals surface area contributed by atoms with Gasteiger partial charge in [0.25, 0.3) is 17.7 Å². The highest BCUT2D eigenvalue weighted by atomic mass is 35.5. The van der Waals surface area contributed by atoms with E-state index < -0.39 is 23.7 Å². The van der Waals surface area contributed by atoms with Crippen LogP contribution in [-0.4, -0.2) is 109 Å². The van der Waals surface area contributed by atoms with Gasteiger partial charge in [0.05, 0.1) is 34.2 Å². The number of carbonyl (C=O) groups is 9. The molecule has 3 aliphatic rings. The van der Waals surface area contributed by atoms with Crippen LogP contribution < -0.4 is 40.5 Å². The van der Waals surface area contributed by atoms with Gasteiger partial charge in [-0.1, -0.05) is 151 Å². The van der Waals surface area contributed by atoms with Gasteiger partial charge in [0, 0.05) is 108 Å². The molecule has 0 fully saturated rings. The maximum atomic E-state index is 13.0. The van der Waals surface area contributed by atoms with Crippen LogP contribution in [0.2, 0.25) is 15.1 Å². The molecule has 6 aromatic carbocycles. The molecule has 3 unspecified atom stereocenters. The van der Waals surface area contributed by atoms with Crippen LogP contribution in [0.3, 0.4) is 0 Å². The summed E-state index contributed by atoms with van der Waals surface area (Å²) in [7, 11) is 4.97. The predicted molar refractivity (Wildman–Crippen MR) is 360 cm³/mol. The zero-order valence-corrected chi connectivity index (χ0v) is 54.1. The minimum atomic E-state index is -1.09. The van der Waals surface area contributed by atoms with E-state index in [0.717, 1.165) is 27.9 Å². The Morgan fingerprint density at radius 3 is 1.10 bits per heavy atom. The molecule has 0 saturated heterocycles. The molecule has 9 rings (SSSR count). The van der Waals surface area contributed by atoms with Crippen LogP contribution >= 0.6 is 72.0 Å². The maximum Gasteiger partial charge on any atom is 0.272 e. The van der Waals surface area contributed by atoms with Gasteiger partial charge in [-0.25, -0.2) is 9.98 Å². The standard InChI is InChI=1S/C22H22ClN3O3.C21H21ClN4O3S.C16H14ClN3O.C5H8ClNO2S/c1-14(27)7-6-10-19(28)24-21-22(29)26(2)18-12-11-16(23)13-17(18)20(25-21)15-8-4-3-5-9-15;1-26-16-11-10-14(22)12-15(16)19(13-6-3-2-4-7-13)24-20(21(26)29)23-17(27)8-5-9-18(28)25-30;1-20-13-8-7-11(17)9-12(13)14(19-15(18)16(20)21)10-5-3-2-4-6-10;6-4(8)2-1-3-5(9)7-10/h3-5,8-9,11-13,21H,6-7,10H2,1-2H3,(H,24,28);2-4,6-7,10-12,20,30H,5,8-9H2,1H3,(H,23,27)(H,25,28);2-9,15H,18H2,1H3;10H,1-3H2,(H,7,9). The van der Waals surface area contributed by atoms with E-state index in [9.17, 15) is 43.2 Å². The Balaban J connectivity index is 0.000000202. The van der Waals surface area contributed by atoms with Gasteiger partial charge in [-0.15, -0.1) is 0 Å². The number of hydrogen-bond donors (Lipinski definition) is 7. The second-order valence-corrected chi connectivity index (χ2v) is 22.5. The number of Topliss-reactive ketones (excluding diaryl/α,β-unsaturated/α-hetero) is 1. The largest absolute Gasteiger partial charge is 0.327 e. The molecule has 26 heteroatoms. The average Bonchev–Trinajstić information content (AvgIpc) is 1.66. The van der Waals surface area contributed by atoms with Crippen molar-refractivity contribution in [3.8, 4) is 0 Å². The fourth-order valence-corrected chi connectivity index (χ4v) is 10.1. The first-order valence-corrected chi connectivity index (χ1v) is 30.4. The van der Waals surface area contributed by atoms with E-state index in [4.69, 9.17) is 52.1 Å². The number of anilines is 3. The Morgan fingerprint density at radius 1 is 0.456 bits per heavy atom. The van der Waals surface area contributed by atoms with Crippen LogP contribution in [0.25, 0.3) is 0 Å². The monoisotopic (exact) mass is 1340 g/mol. The maximum absolute atomic E-state index is 13.0. The van der Waals surface area contributed by atoms with Crippen LogP contribution in [0.1, 0.15) is 98.1 Å². The number of carbonyl (C=O) groups excluding carboxylic acids is 9. The molecular weight excluding hydrogens is 1270 g/mol. The number of fused-ring (bicyclic) bond motifs is 3. The zero-order chi connectivity index (χ0) is 65.6. The Morgan fingerprint density at radius 2 is 0.767 bits per heavy atom. The minimum Gasteiger partial charge on any atom is -0.327 e. The van der Waals surface area contributed by atoms with E-state index in [2.05, 4.69) is 60.7 Å². The molecule has 6 N–H and O–H groups in total. The van der Waals surface area contributed by atoms with Gasteiger partial charge in [0.2, 0.25) is 41.2 Å². The smallest absolute Gasteiger partial charge is 0.272 e. The number of thiol groups is 2. The minimum absolute atomic E-state index is 0.0276. The molecule has 0 aliphatic carbocycles. The molecule has 0 bridgehead atoms. The van der Waals surface area contributed by atoms with Gasteiger partial charge in [0.15, 0.2) is 6.17 Å². The lowest BCUT2D eigenvalue weighted by molar-refractivity contribution is -0.127. The topological polar surface area (TPSA) is 275 Å². The van der Waals surface area contributed by atoms with Crippen LogP contribution in [-0.2, 0) is 43.2 Å². The lowest BCUT2D eigenvalue weighted by Crippen LogP contribution is -2.46. The quantitative estimate of drug-likeness (QED) is 0.0336. The van der Waals surface area contributed by atoms with E-state index in [-0.39, 0.29) is 72.8 Å². The van der Waals surface area contributed by atoms with Gasteiger partial charge in [-0.05, 0) is 92.4 Å². The lowest BCUT2D eigenvalue weighted by atomic mass is 10.0. The first kappa shape index (κ1) is 70.9. The number of amides is 7. The van der Waals surface area contributed by atoms with Crippen molar-refractivity contribution in [1.82, 2.24) is 20.1 Å². The number of benzene rings is 6. The third kappa shape index (κ3) is 20.1. The number of halogens is 4. The van der Waals surface area contributed by atoms with Crippen molar-refractivity contribution in [2.45, 2.75) is 83.2 Å². The van der Waals surface area contributed by atoms with Crippen molar-refractivity contribution < 1.29 is 43.2 Å². The third-order valence-electron chi connectivity index (χ3n) is 13.7. The second kappa shape index (κ2) is 34.7. The van der Waals surface area contributed by atoms with Gasteiger partial charge >= 0.3 is 0 Å². The summed E-state index contributed by atoms with van der Waals surface area (Å²) in [6.07, 6.45) is -0.564. The van der Waals surface area contributed by atoms with Crippen molar-refractivity contribution in [3.63, 3.8) is 0 Å². The molecule has 3 aliphatic heterocycles. The van der Waals surface area contributed by atoms with Crippen molar-refractivity contribution in [2.24, 2.45) is 20.7 Å². The molecule has 470 valence electrons. The van der Waals surface area contributed by atoms with Gasteiger partial charge < -0.3 is 45.3 Å². The highest BCUT2D eigenvalue weighted by Gasteiger charge is 2.33. The molecule has 0 radical (unpaired) electrons. The molecule has 7 amide bonds. The van der Waals surface area contributed by atoms with E-state index in [1.807, 2.05) is 103 Å². The Kier molecular flexibility index (Phi) is 27.3. The number of nitrogens with one attached hydrogen (secondary N) is 4. The molecule has 90 heavy (non-hydrogen) atoms. The summed E-state index contributed by atoms with van der Waals surface area (Å²) < 4.78 is 4.35. The molecule has 20 nitrogen and oxygen atoms in total. The number of likely N-dealkylation sites (N-methyl/N-ethyl adjacent to an activating group) is 3. The third-order valence-corrected chi connectivity index (χ3v) is 15.1. The number of aliphatic imine (C=N–C) groups is 3. The fraction of sp³-hybridized carbons (Fsp3) is 0.250. The molecule has 6 aromatic rings. The number of benzodiazepines with no additional fused rings is 3. The van der Waals surface area contributed by atoms with E-state index in [1.54, 1.807) is 63.6 Å². The first-order valence-electron chi connectivity index (χ1n) is 28.0. The van der Waals surface area contributed by atoms with E-state index in [0.29, 0.717) is 86.8 Å². The van der Waals surface area contributed by atoms with Gasteiger partial charge in [-0.3, -0.25) is 43.3 Å². The van der Waals surface area contributed by atoms with E-state index >= 15 is 0 Å². The number of hydrogen-bond acceptors (Lipinski definition) is 15. The van der Waals surface area contributed by atoms with Crippen LogP contribution in [0, 0.1) is 0 Å². The lowest BCUT2D eigenvalue weighted by Gasteiger charge is -2.21. The number of ketones is 1. The molecule has 0 saturated carbocycles. The number of nitrogens with two attached hydrogens (primary N) is 1. The van der Waals surface area contributed by atoms with Gasteiger partial charge in [-0.2, -0.15) is 0 Å². The summed E-state index contributed by atoms with van der Waals surface area (Å²) >= 11 is 30.8. The van der Waals surface area contributed by atoms with Gasteiger partial charge in [0.1, 0.15) is 5.78 Å². The summed E-state index contributed by atoms with van der Waals surface area (Å²) in [6.45, 7) is 1.49. The van der Waals surface area contributed by atoms with Crippen LogP contribution in [0.5, 0.6) is 0 Å². The Labute approximate surface area is 552 Å². The summed E-state index contributed by atoms with van der Waals surface area (Å²) in [6, 6.07) is 44.3. The van der Waals surface area contributed by atoms with Crippen molar-refractivity contribution >= 4 is 159 Å². The number of nitrogens with zero attached hydrogens (tertiary/aromatic N) is 6. The number of rotatable bonds is 17. The summed E-state index contributed by atoms with van der Waals surface area (Å²) in [5.74, 6) is -2.09. The van der Waals surface area contributed by atoms with Crippen molar-refractivity contribution in [3.05, 3.63) is 194 Å². The zero-order valence-electron chi connectivity index (χ0n) is 49.3. The average molecular weight is 1340 g/mol. The van der Waals surface area contributed by atoms with E-state index in [1.165, 1.54) is 21.6 Å². The summed E-state index contributed by atoms with van der Waals surface area (Å²) in [5, 5.41) is 6.60. The highest BCUT2D eigenvalue weighted by Crippen LogP contribution is 2.33. The Bertz CT molecular complexity index is 3720. The van der Waals surface area contributed by atoms with Crippen LogP contribution in [0.4, 0.5) is 17.1 Å². The summed E-state index contributed by atoms with van der Waals surface area (Å²) in [5.41, 5.74) is 14.5. The van der Waals surface area contributed by atoms with Crippen molar-refractivity contribution in [1.29, 1.82) is 0 Å². The fourth-order valence-electron chi connectivity index (χ4n) is 9.19. The second-order valence-electron chi connectivity index (χ2n) is 20.3. The molecule has 0 aromatic heterocycles. The van der Waals surface area contributed by atoms with Crippen molar-refractivity contribution in [2.75, 3.05) is 35.8 Å². The predicted octanol–water partition coefficient (Wildman–Crippen LogP) is 9.40. The van der Waals surface area contributed by atoms with Crippen LogP contribution in [0.15, 0.2) is 161 Å². The molecule has 3 atom stereocenters. The SMILES string of the molecule is CC(=O)CCCC(=O)NC1N=C(c2ccccc2)c2cc(Cl)ccc2N(C)C1=O.CN1C(=O)C(N)N=C(c2ccccc2)c2cc(Cl)ccc21.CN1C(=O)C(NC(=O)CCCC(=O)NS)N=C(c2ccccc2)c2cc(Cl)ccc21.O=C(Cl)CCCC(=O)NS. The normalized spacial score (nSPS) is 15.6. The molecule has 3 heterocycles.